The van der Waals surface area contributed by atoms with E-state index in [1.54, 1.807) is 0 Å². The lowest BCUT2D eigenvalue weighted by molar-refractivity contribution is -0.127. The lowest BCUT2D eigenvalue weighted by Gasteiger charge is -2.32. The van der Waals surface area contributed by atoms with Gasteiger partial charge in [0.25, 0.3) is 0 Å². The van der Waals surface area contributed by atoms with Crippen molar-refractivity contribution in [2.75, 3.05) is 6.54 Å². The molecule has 7 nitrogen and oxygen atoms in total. The van der Waals surface area contributed by atoms with Crippen LogP contribution in [-0.2, 0) is 25.3 Å². The van der Waals surface area contributed by atoms with E-state index in [2.05, 4.69) is 22.8 Å². The average Bonchev–Trinajstić information content (AvgIpc) is 2.89. The van der Waals surface area contributed by atoms with E-state index < -0.39 is 24.4 Å². The maximum absolute atomic E-state index is 12.7. The van der Waals surface area contributed by atoms with E-state index >= 15 is 0 Å². The molecule has 0 radical (unpaired) electrons. The minimum Gasteiger partial charge on any atom is -0.402 e. The lowest BCUT2D eigenvalue weighted by Crippen LogP contribution is -2.53. The van der Waals surface area contributed by atoms with Gasteiger partial charge in [-0.25, -0.2) is 0 Å². The van der Waals surface area contributed by atoms with Crippen LogP contribution in [0.3, 0.4) is 0 Å². The Bertz CT molecular complexity index is 696. The molecule has 0 bridgehead atoms. The third-order valence-corrected chi connectivity index (χ3v) is 5.87. The number of aryl methyl sites for hydroxylation is 1. The van der Waals surface area contributed by atoms with Gasteiger partial charge in [0.15, 0.2) is 0 Å². The van der Waals surface area contributed by atoms with Crippen molar-refractivity contribution in [3.63, 3.8) is 0 Å². The summed E-state index contributed by atoms with van der Waals surface area (Å²) in [7, 11) is -0.577. The third kappa shape index (κ3) is 6.55. The van der Waals surface area contributed by atoms with Gasteiger partial charge in [-0.1, -0.05) is 30.3 Å². The van der Waals surface area contributed by atoms with Crippen molar-refractivity contribution in [3.05, 3.63) is 35.9 Å². The zero-order valence-corrected chi connectivity index (χ0v) is 18.9. The highest BCUT2D eigenvalue weighted by Crippen LogP contribution is 2.38. The van der Waals surface area contributed by atoms with Crippen LogP contribution in [0.1, 0.15) is 59.4 Å². The van der Waals surface area contributed by atoms with Gasteiger partial charge >= 0.3 is 7.12 Å². The predicted molar refractivity (Wildman–Crippen MR) is 119 cm³/mol. The first-order valence-corrected chi connectivity index (χ1v) is 10.8. The van der Waals surface area contributed by atoms with Crippen LogP contribution in [0.25, 0.3) is 0 Å². The highest BCUT2D eigenvalue weighted by atomic mass is 16.7. The first-order valence-electron chi connectivity index (χ1n) is 10.8. The fourth-order valence-corrected chi connectivity index (χ4v) is 3.35. The summed E-state index contributed by atoms with van der Waals surface area (Å²) < 4.78 is 12.3. The first kappa shape index (κ1) is 24.4. The SMILES string of the molecule is CCNC(=O)C[C@@H](N)C(=O)N[C@@H](CCCc1ccccc1)B1OC(C)(C)C(C)(C)O1. The number of rotatable bonds is 10. The van der Waals surface area contributed by atoms with Gasteiger partial charge in [-0.3, -0.25) is 9.59 Å². The summed E-state index contributed by atoms with van der Waals surface area (Å²) in [6, 6.07) is 9.28. The number of carbonyl (C=O) groups excluding carboxylic acids is 2. The molecule has 0 aromatic heterocycles. The van der Waals surface area contributed by atoms with Crippen LogP contribution in [0.5, 0.6) is 0 Å². The second-order valence-electron chi connectivity index (χ2n) is 8.88. The number of benzene rings is 1. The minimum absolute atomic E-state index is 0.0558. The van der Waals surface area contributed by atoms with E-state index in [0.717, 1.165) is 12.8 Å². The van der Waals surface area contributed by atoms with Crippen LogP contribution in [0, 0.1) is 0 Å². The number of carbonyl (C=O) groups is 2. The van der Waals surface area contributed by atoms with Crippen molar-refractivity contribution in [1.82, 2.24) is 10.6 Å². The van der Waals surface area contributed by atoms with Crippen molar-refractivity contribution in [1.29, 1.82) is 0 Å². The molecule has 1 fully saturated rings. The molecule has 1 aromatic rings. The second kappa shape index (κ2) is 10.4. The van der Waals surface area contributed by atoms with Gasteiger partial charge in [0, 0.05) is 6.54 Å². The van der Waals surface area contributed by atoms with Crippen LogP contribution >= 0.6 is 0 Å². The topological polar surface area (TPSA) is 103 Å². The van der Waals surface area contributed by atoms with Gasteiger partial charge < -0.3 is 25.7 Å². The maximum atomic E-state index is 12.7. The largest absolute Gasteiger partial charge is 0.481 e. The van der Waals surface area contributed by atoms with Crippen LogP contribution in [0.4, 0.5) is 0 Å². The summed E-state index contributed by atoms with van der Waals surface area (Å²) in [5.74, 6) is -0.973. The molecule has 1 heterocycles. The Balaban J connectivity index is 2.03. The molecule has 0 saturated carbocycles. The average molecular weight is 417 g/mol. The minimum atomic E-state index is -0.921. The summed E-state index contributed by atoms with van der Waals surface area (Å²) in [4.78, 5) is 24.5. The quantitative estimate of drug-likeness (QED) is 0.506. The predicted octanol–water partition coefficient (Wildman–Crippen LogP) is 1.98. The Kier molecular flexibility index (Phi) is 8.47. The molecule has 1 saturated heterocycles. The number of amides is 2. The standard InChI is InChI=1S/C22H36BN3O4/c1-6-25-19(27)15-17(24)20(28)26-18(14-10-13-16-11-8-7-9-12-16)23-29-21(2,3)22(4,5)30-23/h7-9,11-12,17-18H,6,10,13-15,24H2,1-5H3,(H,25,27)(H,26,28)/t17-,18+/m1/s1. The summed E-state index contributed by atoms with van der Waals surface area (Å²) in [6.07, 6.45) is 2.35. The summed E-state index contributed by atoms with van der Waals surface area (Å²) in [5, 5.41) is 5.64. The van der Waals surface area contributed by atoms with E-state index in [9.17, 15) is 9.59 Å². The van der Waals surface area contributed by atoms with Crippen LogP contribution in [0.2, 0.25) is 0 Å². The van der Waals surface area contributed by atoms with Crippen molar-refractivity contribution >= 4 is 18.9 Å². The van der Waals surface area contributed by atoms with Gasteiger partial charge in [0.1, 0.15) is 0 Å². The van der Waals surface area contributed by atoms with Crippen LogP contribution in [0.15, 0.2) is 30.3 Å². The Morgan fingerprint density at radius 3 is 2.27 bits per heavy atom. The summed E-state index contributed by atoms with van der Waals surface area (Å²) >= 11 is 0. The normalized spacial score (nSPS) is 19.2. The zero-order chi connectivity index (χ0) is 22.4. The van der Waals surface area contributed by atoms with Crippen molar-refractivity contribution < 1.29 is 18.9 Å². The first-order chi connectivity index (χ1) is 14.1. The van der Waals surface area contributed by atoms with E-state index in [1.807, 2.05) is 52.8 Å². The Hall–Kier alpha value is -1.90. The summed E-state index contributed by atoms with van der Waals surface area (Å²) in [6.45, 7) is 10.3. The molecule has 1 aliphatic rings. The zero-order valence-electron chi connectivity index (χ0n) is 18.9. The Morgan fingerprint density at radius 2 is 1.70 bits per heavy atom. The van der Waals surface area contributed by atoms with Crippen molar-refractivity contribution in [2.45, 2.75) is 83.5 Å². The summed E-state index contributed by atoms with van der Waals surface area (Å²) in [5.41, 5.74) is 6.21. The Morgan fingerprint density at radius 1 is 1.10 bits per heavy atom. The number of hydrogen-bond donors (Lipinski definition) is 3. The van der Waals surface area contributed by atoms with Crippen LogP contribution in [-0.4, -0.2) is 48.7 Å². The highest BCUT2D eigenvalue weighted by Gasteiger charge is 2.54. The molecular weight excluding hydrogens is 381 g/mol. The Labute approximate surface area is 180 Å². The van der Waals surface area contributed by atoms with Gasteiger partial charge in [0.05, 0.1) is 29.6 Å². The molecule has 1 aliphatic heterocycles. The number of nitrogens with one attached hydrogen (secondary N) is 2. The molecule has 0 unspecified atom stereocenters. The molecule has 4 N–H and O–H groups in total. The number of nitrogens with two attached hydrogens (primary N) is 1. The fourth-order valence-electron chi connectivity index (χ4n) is 3.35. The molecule has 0 aliphatic carbocycles. The molecular formula is C22H36BN3O4. The van der Waals surface area contributed by atoms with Gasteiger partial charge in [-0.05, 0) is 59.4 Å². The lowest BCUT2D eigenvalue weighted by atomic mass is 9.75. The van der Waals surface area contributed by atoms with Gasteiger partial charge in [-0.15, -0.1) is 0 Å². The molecule has 2 rings (SSSR count). The molecule has 166 valence electrons. The molecule has 2 amide bonds. The van der Waals surface area contributed by atoms with Gasteiger partial charge in [-0.2, -0.15) is 0 Å². The fraction of sp³-hybridized carbons (Fsp3) is 0.636. The van der Waals surface area contributed by atoms with E-state index in [-0.39, 0.29) is 24.2 Å². The van der Waals surface area contributed by atoms with E-state index in [4.69, 9.17) is 15.0 Å². The van der Waals surface area contributed by atoms with E-state index in [0.29, 0.717) is 13.0 Å². The molecule has 0 spiro atoms. The molecule has 8 heteroatoms. The molecule has 1 aromatic carbocycles. The number of hydrogen-bond acceptors (Lipinski definition) is 5. The van der Waals surface area contributed by atoms with E-state index in [1.165, 1.54) is 5.56 Å². The third-order valence-electron chi connectivity index (χ3n) is 5.87. The molecule has 30 heavy (non-hydrogen) atoms. The smallest absolute Gasteiger partial charge is 0.402 e. The maximum Gasteiger partial charge on any atom is 0.481 e. The van der Waals surface area contributed by atoms with Crippen LogP contribution < -0.4 is 16.4 Å². The monoisotopic (exact) mass is 417 g/mol. The van der Waals surface area contributed by atoms with Crippen molar-refractivity contribution in [3.8, 4) is 0 Å². The van der Waals surface area contributed by atoms with Gasteiger partial charge in [0.2, 0.25) is 11.8 Å². The van der Waals surface area contributed by atoms with Crippen molar-refractivity contribution in [2.24, 2.45) is 5.73 Å². The second-order valence-corrected chi connectivity index (χ2v) is 8.88. The molecule has 2 atom stereocenters. The highest BCUT2D eigenvalue weighted by molar-refractivity contribution is 6.48.